The molecule has 3 aliphatic rings. The molecule has 0 radical (unpaired) electrons. The Labute approximate surface area is 145 Å². The Balaban J connectivity index is 1.89. The molecule has 2 heterocycles. The third-order valence-corrected chi connectivity index (χ3v) is 5.24. The Kier molecular flexibility index (Phi) is 5.59. The molecule has 0 aromatic carbocycles. The van der Waals surface area contributed by atoms with E-state index in [1.165, 1.54) is 49.7 Å². The largest absolute Gasteiger partial charge is 0.377 e. The lowest BCUT2D eigenvalue weighted by atomic mass is 10.0. The average molecular weight is 322 g/mol. The van der Waals surface area contributed by atoms with E-state index < -0.39 is 0 Å². The normalized spacial score (nSPS) is 25.0. The predicted octanol–water partition coefficient (Wildman–Crippen LogP) is 3.86. The fourth-order valence-corrected chi connectivity index (χ4v) is 3.98. The summed E-state index contributed by atoms with van der Waals surface area (Å²) in [6.45, 7) is 4.37. The van der Waals surface area contributed by atoms with Crippen LogP contribution in [-0.4, -0.2) is 36.0 Å². The van der Waals surface area contributed by atoms with Crippen molar-refractivity contribution in [1.82, 2.24) is 9.80 Å². The lowest BCUT2D eigenvalue weighted by molar-refractivity contribution is 0.307. The fraction of sp³-hybridized carbons (Fsp3) is 0.600. The Morgan fingerprint density at radius 3 is 1.50 bits per heavy atom. The van der Waals surface area contributed by atoms with Gasteiger partial charge in [-0.25, -0.2) is 0 Å². The van der Waals surface area contributed by atoms with E-state index >= 15 is 0 Å². The van der Waals surface area contributed by atoms with Gasteiger partial charge in [-0.05, 0) is 62.5 Å². The molecule has 0 aromatic rings. The van der Waals surface area contributed by atoms with Crippen molar-refractivity contribution in [2.45, 2.75) is 51.4 Å². The van der Waals surface area contributed by atoms with Crippen molar-refractivity contribution >= 4 is 0 Å². The van der Waals surface area contributed by atoms with Crippen molar-refractivity contribution in [3.8, 4) is 12.1 Å². The van der Waals surface area contributed by atoms with Crippen molar-refractivity contribution in [2.24, 2.45) is 0 Å². The van der Waals surface area contributed by atoms with Gasteiger partial charge in [0.2, 0.25) is 0 Å². The Hall–Kier alpha value is -2.20. The highest BCUT2D eigenvalue weighted by Gasteiger charge is 2.25. The third-order valence-electron chi connectivity index (χ3n) is 5.24. The summed E-state index contributed by atoms with van der Waals surface area (Å²) in [5.41, 5.74) is 3.55. The highest BCUT2D eigenvalue weighted by Crippen LogP contribution is 2.38. The van der Waals surface area contributed by atoms with Crippen LogP contribution >= 0.6 is 0 Å². The van der Waals surface area contributed by atoms with Gasteiger partial charge >= 0.3 is 0 Å². The molecule has 0 unspecified atom stereocenters. The Bertz CT molecular complexity index is 576. The summed E-state index contributed by atoms with van der Waals surface area (Å²) < 4.78 is 0. The Morgan fingerprint density at radius 2 is 1.12 bits per heavy atom. The maximum absolute atomic E-state index is 9.42. The van der Waals surface area contributed by atoms with Gasteiger partial charge in [0.05, 0.1) is 0 Å². The molecule has 1 aliphatic carbocycles. The summed E-state index contributed by atoms with van der Waals surface area (Å²) in [5, 5.41) is 18.8. The zero-order valence-electron chi connectivity index (χ0n) is 14.4. The smallest absolute Gasteiger partial charge is 0.137 e. The molecular weight excluding hydrogens is 296 g/mol. The molecular formula is C20H26N4. The van der Waals surface area contributed by atoms with Crippen molar-refractivity contribution in [3.05, 3.63) is 34.7 Å². The van der Waals surface area contributed by atoms with Crippen molar-refractivity contribution in [2.75, 3.05) is 26.2 Å². The summed E-state index contributed by atoms with van der Waals surface area (Å²) in [4.78, 5) is 4.74. The lowest BCUT2D eigenvalue weighted by Crippen LogP contribution is -2.25. The number of hydrogen-bond acceptors (Lipinski definition) is 4. The first-order valence-corrected chi connectivity index (χ1v) is 9.26. The minimum absolute atomic E-state index is 0.277. The van der Waals surface area contributed by atoms with Crippen LogP contribution in [0.4, 0.5) is 0 Å². The molecule has 0 bridgehead atoms. The number of likely N-dealkylation sites (tertiary alicyclic amines) is 2. The van der Waals surface area contributed by atoms with Crippen LogP contribution < -0.4 is 0 Å². The summed E-state index contributed by atoms with van der Waals surface area (Å²) >= 11 is 0. The lowest BCUT2D eigenvalue weighted by Gasteiger charge is -2.26. The van der Waals surface area contributed by atoms with Crippen molar-refractivity contribution in [3.63, 3.8) is 0 Å². The van der Waals surface area contributed by atoms with E-state index in [-0.39, 0.29) is 5.57 Å². The SMILES string of the molecule is N#CC(C#N)=C1/C(=C/N2CCCCC2)CC/C1=C\N1CCCCC1. The number of nitriles is 2. The molecule has 3 fully saturated rings. The van der Waals surface area contributed by atoms with E-state index in [0.717, 1.165) is 44.6 Å². The molecule has 24 heavy (non-hydrogen) atoms. The summed E-state index contributed by atoms with van der Waals surface area (Å²) in [6.07, 6.45) is 13.9. The van der Waals surface area contributed by atoms with Gasteiger partial charge in [-0.15, -0.1) is 0 Å². The van der Waals surface area contributed by atoms with E-state index in [4.69, 9.17) is 0 Å². The zero-order valence-corrected chi connectivity index (χ0v) is 14.4. The van der Waals surface area contributed by atoms with Gasteiger partial charge in [-0.1, -0.05) is 0 Å². The molecule has 126 valence electrons. The maximum Gasteiger partial charge on any atom is 0.137 e. The monoisotopic (exact) mass is 322 g/mol. The first-order valence-electron chi connectivity index (χ1n) is 9.26. The van der Waals surface area contributed by atoms with Crippen LogP contribution in [0.15, 0.2) is 34.7 Å². The molecule has 2 saturated heterocycles. The first kappa shape index (κ1) is 16.7. The van der Waals surface area contributed by atoms with E-state index in [1.807, 2.05) is 0 Å². The summed E-state index contributed by atoms with van der Waals surface area (Å²) in [7, 11) is 0. The molecule has 4 nitrogen and oxygen atoms in total. The second-order valence-electron chi connectivity index (χ2n) is 6.98. The van der Waals surface area contributed by atoms with Crippen molar-refractivity contribution < 1.29 is 0 Å². The number of allylic oxidation sites excluding steroid dienone is 4. The standard InChI is InChI=1S/C20H26N4/c21-13-19(14-22)20-17(15-23-9-3-1-4-10-23)7-8-18(20)16-24-11-5-2-6-12-24/h15-16H,1-12H2/b17-15+,18-16+. The highest BCUT2D eigenvalue weighted by molar-refractivity contribution is 5.61. The van der Waals surface area contributed by atoms with Crippen LogP contribution in [0.2, 0.25) is 0 Å². The number of hydrogen-bond donors (Lipinski definition) is 0. The number of piperidine rings is 2. The van der Waals surface area contributed by atoms with Crippen LogP contribution in [0.5, 0.6) is 0 Å². The minimum Gasteiger partial charge on any atom is -0.377 e. The van der Waals surface area contributed by atoms with Gasteiger partial charge in [0.15, 0.2) is 0 Å². The predicted molar refractivity (Wildman–Crippen MR) is 94.5 cm³/mol. The third kappa shape index (κ3) is 3.82. The van der Waals surface area contributed by atoms with Crippen molar-refractivity contribution in [1.29, 1.82) is 10.5 Å². The van der Waals surface area contributed by atoms with Crippen LogP contribution in [0.25, 0.3) is 0 Å². The second-order valence-corrected chi connectivity index (χ2v) is 6.98. The van der Waals surface area contributed by atoms with E-state index in [1.54, 1.807) is 0 Å². The Morgan fingerprint density at radius 1 is 0.708 bits per heavy atom. The minimum atomic E-state index is 0.277. The van der Waals surface area contributed by atoms with Gasteiger partial charge in [0.1, 0.15) is 17.7 Å². The van der Waals surface area contributed by atoms with Crippen LogP contribution in [0.1, 0.15) is 51.4 Å². The average Bonchev–Trinajstić information content (AvgIpc) is 3.00. The van der Waals surface area contributed by atoms with E-state index in [0.29, 0.717) is 0 Å². The molecule has 1 saturated carbocycles. The second kappa shape index (κ2) is 8.06. The summed E-state index contributed by atoms with van der Waals surface area (Å²) in [6, 6.07) is 4.26. The molecule has 4 heteroatoms. The fourth-order valence-electron chi connectivity index (χ4n) is 3.98. The van der Waals surface area contributed by atoms with Crippen LogP contribution in [-0.2, 0) is 0 Å². The molecule has 2 aliphatic heterocycles. The highest BCUT2D eigenvalue weighted by atomic mass is 15.1. The molecule has 0 aromatic heterocycles. The first-order chi connectivity index (χ1) is 11.8. The molecule has 3 rings (SSSR count). The number of rotatable bonds is 2. The molecule has 0 amide bonds. The molecule has 0 atom stereocenters. The van der Waals surface area contributed by atoms with Crippen LogP contribution in [0, 0.1) is 22.7 Å². The van der Waals surface area contributed by atoms with E-state index in [9.17, 15) is 10.5 Å². The topological polar surface area (TPSA) is 54.1 Å². The molecule has 0 N–H and O–H groups in total. The van der Waals surface area contributed by atoms with E-state index in [2.05, 4.69) is 34.3 Å². The quantitative estimate of drug-likeness (QED) is 0.724. The number of nitrogens with zero attached hydrogens (tertiary/aromatic N) is 4. The van der Waals surface area contributed by atoms with Gasteiger partial charge in [-0.2, -0.15) is 10.5 Å². The van der Waals surface area contributed by atoms with Crippen LogP contribution in [0.3, 0.4) is 0 Å². The maximum atomic E-state index is 9.42. The van der Waals surface area contributed by atoms with Gasteiger partial charge < -0.3 is 9.80 Å². The summed E-state index contributed by atoms with van der Waals surface area (Å²) in [5.74, 6) is 0. The van der Waals surface area contributed by atoms with Gasteiger partial charge in [-0.3, -0.25) is 0 Å². The zero-order chi connectivity index (χ0) is 16.8. The van der Waals surface area contributed by atoms with Gasteiger partial charge in [0.25, 0.3) is 0 Å². The van der Waals surface area contributed by atoms with Gasteiger partial charge in [0, 0.05) is 44.2 Å². The molecule has 0 spiro atoms.